The fourth-order valence-electron chi connectivity index (χ4n) is 4.99. The van der Waals surface area contributed by atoms with Crippen LogP contribution in [0.3, 0.4) is 0 Å². The molecule has 0 radical (unpaired) electrons. The molecule has 0 aliphatic carbocycles. The van der Waals surface area contributed by atoms with Gasteiger partial charge in [-0.2, -0.15) is 0 Å². The minimum Gasteiger partial charge on any atom is -0.377 e. The molecule has 2 amide bonds. The Morgan fingerprint density at radius 1 is 0.812 bits per heavy atom. The lowest BCUT2D eigenvalue weighted by Gasteiger charge is -2.15. The molecule has 0 saturated heterocycles. The summed E-state index contributed by atoms with van der Waals surface area (Å²) in [4.78, 5) is 26.2. The zero-order chi connectivity index (χ0) is 21.8. The van der Waals surface area contributed by atoms with Crippen LogP contribution in [0, 0.1) is 0 Å². The molecule has 2 aromatic heterocycles. The number of para-hydroxylation sites is 2. The number of nitrogens with one attached hydrogen (secondary N) is 1. The molecule has 2 aliphatic heterocycles. The van der Waals surface area contributed by atoms with E-state index >= 15 is 0 Å². The summed E-state index contributed by atoms with van der Waals surface area (Å²) >= 11 is 0. The van der Waals surface area contributed by atoms with Crippen LogP contribution in [0.15, 0.2) is 60.9 Å². The summed E-state index contributed by atoms with van der Waals surface area (Å²) in [5, 5.41) is 4.47. The highest BCUT2D eigenvalue weighted by Crippen LogP contribution is 2.39. The van der Waals surface area contributed by atoms with Crippen LogP contribution in [0.2, 0.25) is 0 Å². The van der Waals surface area contributed by atoms with E-state index in [1.54, 1.807) is 0 Å². The highest BCUT2D eigenvalue weighted by Gasteiger charge is 2.35. The topological polar surface area (TPSA) is 65.3 Å². The van der Waals surface area contributed by atoms with Crippen molar-refractivity contribution in [3.05, 3.63) is 72.1 Å². The van der Waals surface area contributed by atoms with Crippen LogP contribution in [0.5, 0.6) is 0 Å². The molecule has 6 heteroatoms. The quantitative estimate of drug-likeness (QED) is 0.434. The molecule has 1 atom stereocenters. The summed E-state index contributed by atoms with van der Waals surface area (Å²) in [6.07, 6.45) is 4.95. The van der Waals surface area contributed by atoms with E-state index in [1.165, 1.54) is 0 Å². The van der Waals surface area contributed by atoms with E-state index in [-0.39, 0.29) is 17.9 Å². The number of amides is 2. The maximum atomic E-state index is 13.1. The molecule has 1 unspecified atom stereocenters. The Morgan fingerprint density at radius 3 is 1.94 bits per heavy atom. The predicted octanol–water partition coefficient (Wildman–Crippen LogP) is 3.97. The zero-order valence-electron chi connectivity index (χ0n) is 17.8. The van der Waals surface area contributed by atoms with Crippen molar-refractivity contribution in [2.24, 2.45) is 0 Å². The van der Waals surface area contributed by atoms with Crippen molar-refractivity contribution < 1.29 is 14.3 Å². The fourth-order valence-corrected chi connectivity index (χ4v) is 4.99. The highest BCUT2D eigenvalue weighted by atomic mass is 16.5. The first-order chi connectivity index (χ1) is 15.6. The van der Waals surface area contributed by atoms with Crippen LogP contribution >= 0.6 is 0 Å². The van der Waals surface area contributed by atoms with Crippen LogP contribution in [0.4, 0.5) is 0 Å². The number of carbonyl (C=O) groups is 2. The Kier molecular flexibility index (Phi) is 4.30. The summed E-state index contributed by atoms with van der Waals surface area (Å²) in [7, 11) is 0. The standard InChI is InChI=1S/C26H23N3O3/c1-16-10-11-28-14-19(17-6-2-4-8-21(17)28)23-24(26(31)27-25(23)30)20-15-29(12-13-32-16)22-9-5-3-7-18(20)22/h2-9,14-16H,10-13H2,1H3,(H,27,30,31). The minimum atomic E-state index is -0.346. The van der Waals surface area contributed by atoms with E-state index in [0.717, 1.165) is 45.9 Å². The number of imide groups is 1. The molecule has 6 nitrogen and oxygen atoms in total. The lowest BCUT2D eigenvalue weighted by molar-refractivity contribution is -0.122. The van der Waals surface area contributed by atoms with Gasteiger partial charge >= 0.3 is 0 Å². The first-order valence-electron chi connectivity index (χ1n) is 11.0. The molecule has 2 aromatic carbocycles. The van der Waals surface area contributed by atoms with Gasteiger partial charge in [-0.3, -0.25) is 14.9 Å². The summed E-state index contributed by atoms with van der Waals surface area (Å²) in [5.74, 6) is -0.685. The number of benzene rings is 2. The van der Waals surface area contributed by atoms with Gasteiger partial charge in [0.15, 0.2) is 0 Å². The normalized spacial score (nSPS) is 19.3. The van der Waals surface area contributed by atoms with Gasteiger partial charge in [-0.05, 0) is 25.5 Å². The third kappa shape index (κ3) is 2.83. The molecule has 4 heterocycles. The summed E-state index contributed by atoms with van der Waals surface area (Å²) in [6, 6.07) is 16.0. The molecular weight excluding hydrogens is 402 g/mol. The smallest absolute Gasteiger partial charge is 0.259 e. The molecule has 32 heavy (non-hydrogen) atoms. The van der Waals surface area contributed by atoms with E-state index in [9.17, 15) is 9.59 Å². The SMILES string of the molecule is CC1CCn2cc(c3ccccc32)C2=C(C(=O)NC2=O)c2cn(c3ccccc23)CCO1. The first-order valence-corrected chi connectivity index (χ1v) is 11.0. The number of fused-ring (bicyclic) bond motifs is 12. The second-order valence-corrected chi connectivity index (χ2v) is 8.51. The lowest BCUT2D eigenvalue weighted by Crippen LogP contribution is -2.22. The lowest BCUT2D eigenvalue weighted by atomic mass is 9.95. The van der Waals surface area contributed by atoms with Gasteiger partial charge < -0.3 is 13.9 Å². The zero-order valence-corrected chi connectivity index (χ0v) is 17.8. The average Bonchev–Trinajstić information content (AvgIpc) is 3.43. The number of hydrogen-bond acceptors (Lipinski definition) is 3. The van der Waals surface area contributed by atoms with Crippen molar-refractivity contribution >= 4 is 44.8 Å². The summed E-state index contributed by atoms with van der Waals surface area (Å²) < 4.78 is 10.4. The monoisotopic (exact) mass is 425 g/mol. The third-order valence-electron chi connectivity index (χ3n) is 6.56. The van der Waals surface area contributed by atoms with Gasteiger partial charge in [-0.25, -0.2) is 0 Å². The summed E-state index contributed by atoms with van der Waals surface area (Å²) in [5.41, 5.74) is 4.54. The van der Waals surface area contributed by atoms with Gasteiger partial charge in [0.25, 0.3) is 11.8 Å². The van der Waals surface area contributed by atoms with Crippen LogP contribution in [-0.4, -0.2) is 33.7 Å². The Bertz CT molecular complexity index is 1440. The maximum Gasteiger partial charge on any atom is 0.259 e. The van der Waals surface area contributed by atoms with Gasteiger partial charge in [0.1, 0.15) is 0 Å². The molecule has 0 spiro atoms. The average molecular weight is 425 g/mol. The van der Waals surface area contributed by atoms with Gasteiger partial charge in [-0.1, -0.05) is 36.4 Å². The van der Waals surface area contributed by atoms with Crippen molar-refractivity contribution in [2.45, 2.75) is 32.5 Å². The maximum absolute atomic E-state index is 13.1. The number of rotatable bonds is 0. The van der Waals surface area contributed by atoms with Crippen LogP contribution in [0.1, 0.15) is 24.5 Å². The Balaban J connectivity index is 1.70. The molecule has 4 bridgehead atoms. The second kappa shape index (κ2) is 7.21. The van der Waals surface area contributed by atoms with Crippen molar-refractivity contribution in [3.63, 3.8) is 0 Å². The molecule has 2 aliphatic rings. The molecule has 0 saturated carbocycles. The number of aromatic nitrogens is 2. The van der Waals surface area contributed by atoms with Gasteiger partial charge in [0.05, 0.1) is 23.9 Å². The molecule has 6 rings (SSSR count). The Hall–Kier alpha value is -3.64. The summed E-state index contributed by atoms with van der Waals surface area (Å²) in [6.45, 7) is 4.12. The molecule has 0 fully saturated rings. The van der Waals surface area contributed by atoms with Crippen molar-refractivity contribution in [1.29, 1.82) is 0 Å². The minimum absolute atomic E-state index is 0.106. The molecule has 1 N–H and O–H groups in total. The first kappa shape index (κ1) is 19.1. The van der Waals surface area contributed by atoms with Gasteiger partial charge in [0, 0.05) is 58.4 Å². The van der Waals surface area contributed by atoms with Crippen molar-refractivity contribution in [3.8, 4) is 0 Å². The van der Waals surface area contributed by atoms with Crippen molar-refractivity contribution in [2.75, 3.05) is 6.61 Å². The second-order valence-electron chi connectivity index (χ2n) is 8.51. The Labute approximate surface area is 185 Å². The number of carbonyl (C=O) groups excluding carboxylic acids is 2. The van der Waals surface area contributed by atoms with Gasteiger partial charge in [-0.15, -0.1) is 0 Å². The molecule has 4 aromatic rings. The largest absolute Gasteiger partial charge is 0.377 e. The van der Waals surface area contributed by atoms with E-state index in [0.29, 0.717) is 24.3 Å². The van der Waals surface area contributed by atoms with Crippen LogP contribution < -0.4 is 5.32 Å². The van der Waals surface area contributed by atoms with E-state index in [1.807, 2.05) is 54.9 Å². The molecule has 160 valence electrons. The number of nitrogens with zero attached hydrogens (tertiary/aromatic N) is 2. The molecular formula is C26H23N3O3. The van der Waals surface area contributed by atoms with Crippen LogP contribution in [0.25, 0.3) is 33.0 Å². The number of ether oxygens (including phenoxy) is 1. The number of hydrogen-bond donors (Lipinski definition) is 1. The van der Waals surface area contributed by atoms with Crippen LogP contribution in [-0.2, 0) is 27.4 Å². The van der Waals surface area contributed by atoms with E-state index in [2.05, 4.69) is 27.4 Å². The van der Waals surface area contributed by atoms with Crippen molar-refractivity contribution in [1.82, 2.24) is 14.5 Å². The van der Waals surface area contributed by atoms with E-state index in [4.69, 9.17) is 4.74 Å². The Morgan fingerprint density at radius 2 is 1.34 bits per heavy atom. The number of aryl methyl sites for hydroxylation is 1. The highest BCUT2D eigenvalue weighted by molar-refractivity contribution is 6.50. The fraction of sp³-hybridized carbons (Fsp3) is 0.231. The van der Waals surface area contributed by atoms with E-state index < -0.39 is 0 Å². The third-order valence-corrected chi connectivity index (χ3v) is 6.56. The van der Waals surface area contributed by atoms with Gasteiger partial charge in [0.2, 0.25) is 0 Å². The predicted molar refractivity (Wildman–Crippen MR) is 124 cm³/mol.